The molecule has 0 spiro atoms. The summed E-state index contributed by atoms with van der Waals surface area (Å²) in [6.45, 7) is 9.46. The zero-order chi connectivity index (χ0) is 15.6. The van der Waals surface area contributed by atoms with Gasteiger partial charge in [-0.3, -0.25) is 14.5 Å². The van der Waals surface area contributed by atoms with E-state index in [0.717, 1.165) is 25.2 Å². The summed E-state index contributed by atoms with van der Waals surface area (Å²) in [6.07, 6.45) is 0. The van der Waals surface area contributed by atoms with Gasteiger partial charge < -0.3 is 9.64 Å². The number of likely N-dealkylation sites (N-methyl/N-ethyl adjacent to an activating group) is 1. The van der Waals surface area contributed by atoms with Crippen molar-refractivity contribution in [3.05, 3.63) is 23.3 Å². The number of quaternary nitrogens is 1. The first-order valence-corrected chi connectivity index (χ1v) is 7.42. The standard InChI is InChI=1S/C16H22N2O3/c1-5-17(6-2)9-10-18-14-12(21-4)8-7-11(3)13(14)15(19)16(18)20/h7-8H,5-6,9-10H2,1-4H3/p+1. The zero-order valence-corrected chi connectivity index (χ0v) is 13.2. The number of methoxy groups -OCH3 is 1. The summed E-state index contributed by atoms with van der Waals surface area (Å²) >= 11 is 0. The van der Waals surface area contributed by atoms with E-state index in [1.165, 1.54) is 4.90 Å². The second-order valence-electron chi connectivity index (χ2n) is 5.30. The lowest BCUT2D eigenvalue weighted by molar-refractivity contribution is -0.894. The number of carbonyl (C=O) groups is 2. The zero-order valence-electron chi connectivity index (χ0n) is 13.2. The van der Waals surface area contributed by atoms with Gasteiger partial charge in [-0.15, -0.1) is 0 Å². The third-order valence-electron chi connectivity index (χ3n) is 4.19. The highest BCUT2D eigenvalue weighted by atomic mass is 16.5. The molecule has 0 aliphatic carbocycles. The lowest BCUT2D eigenvalue weighted by Crippen LogP contribution is -3.12. The van der Waals surface area contributed by atoms with Gasteiger partial charge in [-0.25, -0.2) is 0 Å². The number of nitrogens with zero attached hydrogens (tertiary/aromatic N) is 1. The monoisotopic (exact) mass is 291 g/mol. The Morgan fingerprint density at radius 1 is 1.19 bits per heavy atom. The van der Waals surface area contributed by atoms with Crippen LogP contribution in [0.1, 0.15) is 29.8 Å². The number of carbonyl (C=O) groups excluding carboxylic acids is 2. The average Bonchev–Trinajstić information content (AvgIpc) is 2.74. The Balaban J connectivity index is 2.36. The summed E-state index contributed by atoms with van der Waals surface area (Å²) in [7, 11) is 1.56. The molecule has 1 heterocycles. The fourth-order valence-electron chi connectivity index (χ4n) is 2.81. The second-order valence-corrected chi connectivity index (χ2v) is 5.30. The van der Waals surface area contributed by atoms with Crippen LogP contribution in [0.2, 0.25) is 0 Å². The first-order valence-electron chi connectivity index (χ1n) is 7.42. The van der Waals surface area contributed by atoms with Crippen LogP contribution in [0.5, 0.6) is 5.75 Å². The molecule has 1 aromatic rings. The van der Waals surface area contributed by atoms with Crippen LogP contribution in [0.4, 0.5) is 5.69 Å². The minimum absolute atomic E-state index is 0.420. The molecule has 0 fully saturated rings. The second kappa shape index (κ2) is 6.26. The van der Waals surface area contributed by atoms with Gasteiger partial charge in [0, 0.05) is 0 Å². The van der Waals surface area contributed by atoms with Crippen LogP contribution in [0.15, 0.2) is 12.1 Å². The number of amides is 1. The molecule has 0 unspecified atom stereocenters. The topological polar surface area (TPSA) is 51.0 Å². The number of benzene rings is 1. The van der Waals surface area contributed by atoms with Crippen LogP contribution in [-0.2, 0) is 4.79 Å². The van der Waals surface area contributed by atoms with Crippen molar-refractivity contribution in [2.24, 2.45) is 0 Å². The van der Waals surface area contributed by atoms with Gasteiger partial charge in [0.25, 0.3) is 11.7 Å². The minimum Gasteiger partial charge on any atom is -0.495 e. The molecule has 0 saturated carbocycles. The van der Waals surface area contributed by atoms with Crippen molar-refractivity contribution in [2.45, 2.75) is 20.8 Å². The highest BCUT2D eigenvalue weighted by molar-refractivity contribution is 6.53. The number of anilines is 1. The molecule has 0 atom stereocenters. The predicted molar refractivity (Wildman–Crippen MR) is 81.3 cm³/mol. The van der Waals surface area contributed by atoms with E-state index in [1.807, 2.05) is 19.1 Å². The van der Waals surface area contributed by atoms with Crippen LogP contribution < -0.4 is 14.5 Å². The van der Waals surface area contributed by atoms with Gasteiger partial charge in [0.2, 0.25) is 0 Å². The third kappa shape index (κ3) is 2.65. The Hall–Kier alpha value is -1.88. The molecule has 0 bridgehead atoms. The summed E-state index contributed by atoms with van der Waals surface area (Å²) < 4.78 is 5.35. The average molecular weight is 291 g/mol. The number of hydrogen-bond acceptors (Lipinski definition) is 3. The Labute approximate surface area is 125 Å². The summed E-state index contributed by atoms with van der Waals surface area (Å²) in [5, 5.41) is 0. The number of aryl methyl sites for hydroxylation is 1. The number of Topliss-reactive ketones (excluding diaryl/α,β-unsaturated/α-hetero) is 1. The number of fused-ring (bicyclic) bond motifs is 1. The molecule has 1 aliphatic rings. The fraction of sp³-hybridized carbons (Fsp3) is 0.500. The summed E-state index contributed by atoms with van der Waals surface area (Å²) in [4.78, 5) is 27.5. The Morgan fingerprint density at radius 2 is 1.86 bits per heavy atom. The van der Waals surface area contributed by atoms with Crippen molar-refractivity contribution in [3.63, 3.8) is 0 Å². The van der Waals surface area contributed by atoms with E-state index in [1.54, 1.807) is 12.0 Å². The lowest BCUT2D eigenvalue weighted by Gasteiger charge is -2.22. The van der Waals surface area contributed by atoms with Crippen molar-refractivity contribution >= 4 is 17.4 Å². The smallest absolute Gasteiger partial charge is 0.299 e. The molecular formula is C16H23N2O3+. The molecule has 21 heavy (non-hydrogen) atoms. The van der Waals surface area contributed by atoms with E-state index < -0.39 is 11.7 Å². The first kappa shape index (κ1) is 15.5. The number of nitrogens with one attached hydrogen (secondary N) is 1. The van der Waals surface area contributed by atoms with Crippen molar-refractivity contribution in [1.29, 1.82) is 0 Å². The van der Waals surface area contributed by atoms with Crippen molar-refractivity contribution < 1.29 is 19.2 Å². The van der Waals surface area contributed by atoms with E-state index in [4.69, 9.17) is 4.74 Å². The van der Waals surface area contributed by atoms with Crippen LogP contribution >= 0.6 is 0 Å². The molecule has 1 aliphatic heterocycles. The maximum atomic E-state index is 12.3. The van der Waals surface area contributed by atoms with Crippen molar-refractivity contribution in [3.8, 4) is 5.75 Å². The highest BCUT2D eigenvalue weighted by Gasteiger charge is 2.39. The van der Waals surface area contributed by atoms with E-state index in [2.05, 4.69) is 13.8 Å². The molecule has 1 amide bonds. The van der Waals surface area contributed by atoms with Crippen LogP contribution in [0, 0.1) is 6.92 Å². The number of hydrogen-bond donors (Lipinski definition) is 1. The lowest BCUT2D eigenvalue weighted by atomic mass is 10.0. The van der Waals surface area contributed by atoms with Crippen LogP contribution in [0.25, 0.3) is 0 Å². The normalized spacial score (nSPS) is 14.0. The van der Waals surface area contributed by atoms with Gasteiger partial charge >= 0.3 is 0 Å². The molecule has 0 aromatic heterocycles. The Morgan fingerprint density at radius 3 is 2.43 bits per heavy atom. The van der Waals surface area contributed by atoms with Gasteiger partial charge in [-0.1, -0.05) is 6.07 Å². The maximum absolute atomic E-state index is 12.3. The van der Waals surface area contributed by atoms with E-state index in [0.29, 0.717) is 23.5 Å². The number of rotatable bonds is 6. The molecule has 5 heteroatoms. The third-order valence-corrected chi connectivity index (χ3v) is 4.19. The number of ether oxygens (including phenoxy) is 1. The largest absolute Gasteiger partial charge is 0.495 e. The van der Waals surface area contributed by atoms with E-state index in [-0.39, 0.29) is 0 Å². The molecule has 2 rings (SSSR count). The summed E-state index contributed by atoms with van der Waals surface area (Å²) in [5.41, 5.74) is 1.95. The molecular weight excluding hydrogens is 268 g/mol. The summed E-state index contributed by atoms with van der Waals surface area (Å²) in [5.74, 6) is -0.274. The SMILES string of the molecule is CC[NH+](CC)CCN1C(=O)C(=O)c2c(C)ccc(OC)c21. The van der Waals surface area contributed by atoms with Crippen molar-refractivity contribution in [2.75, 3.05) is 38.2 Å². The fourth-order valence-corrected chi connectivity index (χ4v) is 2.81. The van der Waals surface area contributed by atoms with E-state index >= 15 is 0 Å². The molecule has 5 nitrogen and oxygen atoms in total. The quantitative estimate of drug-likeness (QED) is 0.775. The Kier molecular flexibility index (Phi) is 4.63. The molecule has 0 radical (unpaired) electrons. The Bertz CT molecular complexity index is 565. The minimum atomic E-state index is -0.441. The van der Waals surface area contributed by atoms with Gasteiger partial charge in [0.05, 0.1) is 44.5 Å². The van der Waals surface area contributed by atoms with Gasteiger partial charge in [0.1, 0.15) is 5.75 Å². The predicted octanol–water partition coefficient (Wildman–Crippen LogP) is 0.458. The maximum Gasteiger partial charge on any atom is 0.299 e. The number of ketones is 1. The molecule has 0 saturated heterocycles. The highest BCUT2D eigenvalue weighted by Crippen LogP contribution is 2.39. The van der Waals surface area contributed by atoms with E-state index in [9.17, 15) is 9.59 Å². The van der Waals surface area contributed by atoms with Crippen LogP contribution in [-0.4, -0.2) is 45.0 Å². The van der Waals surface area contributed by atoms with Gasteiger partial charge in [-0.2, -0.15) is 0 Å². The first-order chi connectivity index (χ1) is 10.0. The molecule has 1 N–H and O–H groups in total. The van der Waals surface area contributed by atoms with Gasteiger partial charge in [-0.05, 0) is 32.4 Å². The van der Waals surface area contributed by atoms with Gasteiger partial charge in [0.15, 0.2) is 0 Å². The molecule has 1 aromatic carbocycles. The molecule has 114 valence electrons. The van der Waals surface area contributed by atoms with Crippen molar-refractivity contribution in [1.82, 2.24) is 0 Å². The van der Waals surface area contributed by atoms with Crippen LogP contribution in [0.3, 0.4) is 0 Å². The summed E-state index contributed by atoms with van der Waals surface area (Å²) in [6, 6.07) is 3.64.